The summed E-state index contributed by atoms with van der Waals surface area (Å²) >= 11 is 1.65. The standard InChI is InChI=1S/C16H26N4S/c1-4-12(2)19-8-10-20(11-9-19)13-6-5-7-14(21-3)15(13)16(17)18/h5-7,12H,4,8-11H2,1-3H3,(H3,17,18). The summed E-state index contributed by atoms with van der Waals surface area (Å²) in [5.74, 6) is 0.166. The SMILES string of the molecule is CCC(C)N1CCN(c2cccc(SC)c2C(=N)N)CC1. The molecule has 1 fully saturated rings. The highest BCUT2D eigenvalue weighted by Crippen LogP contribution is 2.30. The van der Waals surface area contributed by atoms with Crippen molar-refractivity contribution in [3.05, 3.63) is 23.8 Å². The first-order chi connectivity index (χ1) is 10.1. The lowest BCUT2D eigenvalue weighted by Crippen LogP contribution is -2.49. The fourth-order valence-electron chi connectivity index (χ4n) is 2.89. The Morgan fingerprint density at radius 3 is 2.52 bits per heavy atom. The number of anilines is 1. The van der Waals surface area contributed by atoms with Gasteiger partial charge in [0.05, 0.1) is 5.56 Å². The maximum atomic E-state index is 7.90. The summed E-state index contributed by atoms with van der Waals surface area (Å²) in [5.41, 5.74) is 7.83. The van der Waals surface area contributed by atoms with Crippen LogP contribution in [-0.2, 0) is 0 Å². The van der Waals surface area contributed by atoms with E-state index < -0.39 is 0 Å². The van der Waals surface area contributed by atoms with E-state index in [1.165, 1.54) is 6.42 Å². The minimum absolute atomic E-state index is 0.166. The van der Waals surface area contributed by atoms with Gasteiger partial charge in [-0.25, -0.2) is 0 Å². The van der Waals surface area contributed by atoms with Crippen LogP contribution in [-0.4, -0.2) is 49.2 Å². The first-order valence-electron chi connectivity index (χ1n) is 7.58. The van der Waals surface area contributed by atoms with Gasteiger partial charge in [-0.1, -0.05) is 13.0 Å². The van der Waals surface area contributed by atoms with Crippen LogP contribution in [0.2, 0.25) is 0 Å². The molecule has 1 aliphatic heterocycles. The molecular weight excluding hydrogens is 280 g/mol. The number of thioether (sulfide) groups is 1. The van der Waals surface area contributed by atoms with Crippen LogP contribution in [0.4, 0.5) is 5.69 Å². The lowest BCUT2D eigenvalue weighted by molar-refractivity contribution is 0.193. The van der Waals surface area contributed by atoms with Gasteiger partial charge in [0.15, 0.2) is 0 Å². The highest BCUT2D eigenvalue weighted by atomic mass is 32.2. The van der Waals surface area contributed by atoms with E-state index in [0.717, 1.165) is 42.3 Å². The van der Waals surface area contributed by atoms with Gasteiger partial charge < -0.3 is 10.6 Å². The molecule has 1 aromatic rings. The van der Waals surface area contributed by atoms with Crippen LogP contribution >= 0.6 is 11.8 Å². The third-order valence-corrected chi connectivity index (χ3v) is 5.14. The molecule has 0 saturated carbocycles. The molecule has 1 aromatic carbocycles. The molecule has 3 N–H and O–H groups in total. The summed E-state index contributed by atoms with van der Waals surface area (Å²) in [6.07, 6.45) is 3.23. The summed E-state index contributed by atoms with van der Waals surface area (Å²) in [4.78, 5) is 6.00. The number of benzene rings is 1. The van der Waals surface area contributed by atoms with Crippen LogP contribution in [0.3, 0.4) is 0 Å². The van der Waals surface area contributed by atoms with Gasteiger partial charge >= 0.3 is 0 Å². The molecule has 0 radical (unpaired) electrons. The van der Waals surface area contributed by atoms with Gasteiger partial charge in [-0.2, -0.15) is 0 Å². The number of nitrogens with two attached hydrogens (primary N) is 1. The molecule has 1 atom stereocenters. The molecule has 0 bridgehead atoms. The van der Waals surface area contributed by atoms with Crippen molar-refractivity contribution < 1.29 is 0 Å². The van der Waals surface area contributed by atoms with Crippen LogP contribution in [0.5, 0.6) is 0 Å². The third kappa shape index (κ3) is 3.52. The van der Waals surface area contributed by atoms with Gasteiger partial charge in [-0.05, 0) is 31.7 Å². The zero-order valence-corrected chi connectivity index (χ0v) is 14.0. The molecule has 4 nitrogen and oxygen atoms in total. The van der Waals surface area contributed by atoms with E-state index in [2.05, 4.69) is 35.8 Å². The van der Waals surface area contributed by atoms with Crippen LogP contribution in [0.15, 0.2) is 23.1 Å². The molecule has 0 aromatic heterocycles. The molecule has 1 aliphatic rings. The summed E-state index contributed by atoms with van der Waals surface area (Å²) < 4.78 is 0. The Kier molecular flexibility index (Phi) is 5.53. The second kappa shape index (κ2) is 7.18. The summed E-state index contributed by atoms with van der Waals surface area (Å²) in [6, 6.07) is 6.85. The minimum Gasteiger partial charge on any atom is -0.384 e. The predicted molar refractivity (Wildman–Crippen MR) is 92.8 cm³/mol. The largest absolute Gasteiger partial charge is 0.384 e. The van der Waals surface area contributed by atoms with E-state index in [4.69, 9.17) is 11.1 Å². The zero-order chi connectivity index (χ0) is 15.4. The van der Waals surface area contributed by atoms with Gasteiger partial charge in [-0.15, -0.1) is 11.8 Å². The number of amidine groups is 1. The molecule has 1 saturated heterocycles. The maximum absolute atomic E-state index is 7.90. The summed E-state index contributed by atoms with van der Waals surface area (Å²) in [7, 11) is 0. The van der Waals surface area contributed by atoms with Gasteiger partial charge in [0.1, 0.15) is 5.84 Å². The van der Waals surface area contributed by atoms with Crippen molar-refractivity contribution in [3.63, 3.8) is 0 Å². The number of rotatable bonds is 5. The van der Waals surface area contributed by atoms with Gasteiger partial charge in [0.2, 0.25) is 0 Å². The fourth-order valence-corrected chi connectivity index (χ4v) is 3.52. The normalized spacial score (nSPS) is 17.8. The third-order valence-electron chi connectivity index (χ3n) is 4.36. The average Bonchev–Trinajstić information content (AvgIpc) is 2.53. The van der Waals surface area contributed by atoms with Gasteiger partial charge in [0, 0.05) is 42.8 Å². The van der Waals surface area contributed by atoms with Crippen molar-refractivity contribution in [2.45, 2.75) is 31.2 Å². The van der Waals surface area contributed by atoms with E-state index in [-0.39, 0.29) is 5.84 Å². The van der Waals surface area contributed by atoms with Crippen LogP contribution in [0, 0.1) is 5.41 Å². The Labute approximate surface area is 132 Å². The van der Waals surface area contributed by atoms with E-state index in [9.17, 15) is 0 Å². The van der Waals surface area contributed by atoms with Gasteiger partial charge in [-0.3, -0.25) is 10.3 Å². The molecule has 0 amide bonds. The number of nitrogens with one attached hydrogen (secondary N) is 1. The highest BCUT2D eigenvalue weighted by Gasteiger charge is 2.23. The average molecular weight is 306 g/mol. The van der Waals surface area contributed by atoms with Crippen LogP contribution < -0.4 is 10.6 Å². The van der Waals surface area contributed by atoms with Crippen LogP contribution in [0.1, 0.15) is 25.8 Å². The molecule has 5 heteroatoms. The first-order valence-corrected chi connectivity index (χ1v) is 8.81. The monoisotopic (exact) mass is 306 g/mol. The Morgan fingerprint density at radius 2 is 2.00 bits per heavy atom. The topological polar surface area (TPSA) is 56.4 Å². The second-order valence-corrected chi connectivity index (χ2v) is 6.40. The predicted octanol–water partition coefficient (Wildman–Crippen LogP) is 2.61. The number of nitrogens with zero attached hydrogens (tertiary/aromatic N) is 2. The lowest BCUT2D eigenvalue weighted by Gasteiger charge is -2.39. The Bertz CT molecular complexity index is 495. The summed E-state index contributed by atoms with van der Waals surface area (Å²) in [6.45, 7) is 8.70. The molecule has 1 unspecified atom stereocenters. The van der Waals surface area contributed by atoms with E-state index in [1.807, 2.05) is 12.3 Å². The lowest BCUT2D eigenvalue weighted by atomic mass is 10.1. The fraction of sp³-hybridized carbons (Fsp3) is 0.562. The minimum atomic E-state index is 0.166. The van der Waals surface area contributed by atoms with Crippen molar-refractivity contribution in [2.24, 2.45) is 5.73 Å². The van der Waals surface area contributed by atoms with Crippen molar-refractivity contribution in [1.82, 2.24) is 4.90 Å². The Morgan fingerprint density at radius 1 is 1.33 bits per heavy atom. The van der Waals surface area contributed by atoms with E-state index in [1.54, 1.807) is 11.8 Å². The van der Waals surface area contributed by atoms with E-state index in [0.29, 0.717) is 6.04 Å². The highest BCUT2D eigenvalue weighted by molar-refractivity contribution is 7.98. The first kappa shape index (κ1) is 16.2. The van der Waals surface area contributed by atoms with Gasteiger partial charge in [0.25, 0.3) is 0 Å². The zero-order valence-electron chi connectivity index (χ0n) is 13.2. The second-order valence-electron chi connectivity index (χ2n) is 5.55. The summed E-state index contributed by atoms with van der Waals surface area (Å²) in [5, 5.41) is 7.90. The van der Waals surface area contributed by atoms with Crippen molar-refractivity contribution in [3.8, 4) is 0 Å². The molecule has 1 heterocycles. The van der Waals surface area contributed by atoms with Crippen molar-refractivity contribution in [1.29, 1.82) is 5.41 Å². The number of hydrogen-bond acceptors (Lipinski definition) is 4. The molecule has 0 aliphatic carbocycles. The van der Waals surface area contributed by atoms with Crippen molar-refractivity contribution in [2.75, 3.05) is 37.3 Å². The van der Waals surface area contributed by atoms with Crippen LogP contribution in [0.25, 0.3) is 0 Å². The number of hydrogen-bond donors (Lipinski definition) is 2. The smallest absolute Gasteiger partial charge is 0.126 e. The molecule has 21 heavy (non-hydrogen) atoms. The Balaban J connectivity index is 2.19. The molecule has 116 valence electrons. The molecular formula is C16H26N4S. The number of piperazine rings is 1. The quantitative estimate of drug-likeness (QED) is 0.499. The molecule has 2 rings (SSSR count). The number of nitrogen functional groups attached to an aromatic ring is 1. The maximum Gasteiger partial charge on any atom is 0.126 e. The Hall–Kier alpha value is -1.20. The molecule has 0 spiro atoms. The van der Waals surface area contributed by atoms with Crippen molar-refractivity contribution >= 4 is 23.3 Å². The van der Waals surface area contributed by atoms with E-state index >= 15 is 0 Å².